The summed E-state index contributed by atoms with van der Waals surface area (Å²) in [7, 11) is 3.10. The SMILES string of the molecule is Cc1ccc(N(C)C(=O)c2c(O)c3c(Cl)cccc3n(C)c2=O)cc1. The maximum Gasteiger partial charge on any atom is 0.267 e. The van der Waals surface area contributed by atoms with E-state index in [-0.39, 0.29) is 16.0 Å². The summed E-state index contributed by atoms with van der Waals surface area (Å²) in [5, 5.41) is 11.2. The minimum absolute atomic E-state index is 0.276. The largest absolute Gasteiger partial charge is 0.506 e. The number of fused-ring (bicyclic) bond motifs is 1. The van der Waals surface area contributed by atoms with Crippen LogP contribution in [0.25, 0.3) is 10.9 Å². The van der Waals surface area contributed by atoms with Gasteiger partial charge in [0.15, 0.2) is 0 Å². The Labute approximate surface area is 149 Å². The molecule has 1 heterocycles. The van der Waals surface area contributed by atoms with E-state index in [1.54, 1.807) is 44.4 Å². The monoisotopic (exact) mass is 356 g/mol. The Morgan fingerprint density at radius 1 is 1.16 bits per heavy atom. The molecule has 0 radical (unpaired) electrons. The molecule has 2 aromatic carbocycles. The van der Waals surface area contributed by atoms with Crippen molar-refractivity contribution in [2.24, 2.45) is 7.05 Å². The van der Waals surface area contributed by atoms with Crippen LogP contribution in [0, 0.1) is 6.92 Å². The molecule has 128 valence electrons. The van der Waals surface area contributed by atoms with E-state index in [0.29, 0.717) is 11.2 Å². The van der Waals surface area contributed by atoms with Gasteiger partial charge in [-0.2, -0.15) is 0 Å². The van der Waals surface area contributed by atoms with Crippen molar-refractivity contribution in [2.75, 3.05) is 11.9 Å². The van der Waals surface area contributed by atoms with Crippen molar-refractivity contribution in [1.29, 1.82) is 0 Å². The maximum atomic E-state index is 12.9. The Bertz CT molecular complexity index is 1040. The van der Waals surface area contributed by atoms with E-state index in [2.05, 4.69) is 0 Å². The van der Waals surface area contributed by atoms with Crippen LogP contribution in [-0.4, -0.2) is 22.6 Å². The zero-order valence-corrected chi connectivity index (χ0v) is 14.8. The topological polar surface area (TPSA) is 62.5 Å². The first-order chi connectivity index (χ1) is 11.8. The number of aromatic hydroxyl groups is 1. The molecule has 0 saturated heterocycles. The number of pyridine rings is 1. The number of carbonyl (C=O) groups is 1. The average Bonchev–Trinajstić information content (AvgIpc) is 2.59. The number of hydrogen-bond donors (Lipinski definition) is 1. The van der Waals surface area contributed by atoms with Gasteiger partial charge in [0.1, 0.15) is 11.3 Å². The van der Waals surface area contributed by atoms with Crippen LogP contribution in [0.15, 0.2) is 47.3 Å². The van der Waals surface area contributed by atoms with Crippen LogP contribution < -0.4 is 10.5 Å². The molecule has 0 spiro atoms. The van der Waals surface area contributed by atoms with Gasteiger partial charge in [-0.15, -0.1) is 0 Å². The highest BCUT2D eigenvalue weighted by Crippen LogP contribution is 2.33. The first kappa shape index (κ1) is 17.0. The van der Waals surface area contributed by atoms with Crippen molar-refractivity contribution in [3.05, 3.63) is 69.0 Å². The third-order valence-corrected chi connectivity index (χ3v) is 4.60. The predicted molar refractivity (Wildman–Crippen MR) is 99.8 cm³/mol. The summed E-state index contributed by atoms with van der Waals surface area (Å²) in [6.45, 7) is 1.94. The maximum absolute atomic E-state index is 12.9. The third-order valence-electron chi connectivity index (χ3n) is 4.28. The van der Waals surface area contributed by atoms with E-state index in [1.165, 1.54) is 9.47 Å². The average molecular weight is 357 g/mol. The molecule has 0 unspecified atom stereocenters. The molecule has 0 fully saturated rings. The molecule has 6 heteroatoms. The molecule has 1 amide bonds. The molecule has 1 aromatic heterocycles. The zero-order valence-electron chi connectivity index (χ0n) is 14.1. The van der Waals surface area contributed by atoms with Gasteiger partial charge in [0, 0.05) is 19.8 Å². The van der Waals surface area contributed by atoms with Crippen LogP contribution in [0.1, 0.15) is 15.9 Å². The fourth-order valence-electron chi connectivity index (χ4n) is 2.78. The molecule has 0 aliphatic rings. The number of nitrogens with zero attached hydrogens (tertiary/aromatic N) is 2. The standard InChI is InChI=1S/C19H17ClN2O3/c1-11-7-9-12(10-8-11)21(2)18(24)16-17(23)15-13(20)5-4-6-14(15)22(3)19(16)25/h4-10,23H,1-3H3. The molecule has 0 saturated carbocycles. The van der Waals surface area contributed by atoms with E-state index in [0.717, 1.165) is 5.56 Å². The van der Waals surface area contributed by atoms with Gasteiger partial charge in [0.05, 0.1) is 15.9 Å². The van der Waals surface area contributed by atoms with Crippen LogP contribution in [0.4, 0.5) is 5.69 Å². The van der Waals surface area contributed by atoms with Crippen LogP contribution in [0.2, 0.25) is 5.02 Å². The molecule has 0 atom stereocenters. The molecule has 0 aliphatic carbocycles. The normalized spacial score (nSPS) is 10.9. The van der Waals surface area contributed by atoms with Gasteiger partial charge >= 0.3 is 0 Å². The van der Waals surface area contributed by atoms with Crippen molar-refractivity contribution in [3.63, 3.8) is 0 Å². The molecule has 0 bridgehead atoms. The smallest absolute Gasteiger partial charge is 0.267 e. The molecular formula is C19H17ClN2O3. The lowest BCUT2D eigenvalue weighted by Gasteiger charge is -2.19. The Morgan fingerprint density at radius 2 is 1.80 bits per heavy atom. The van der Waals surface area contributed by atoms with Crippen molar-refractivity contribution in [2.45, 2.75) is 6.92 Å². The lowest BCUT2D eigenvalue weighted by atomic mass is 10.1. The fourth-order valence-corrected chi connectivity index (χ4v) is 3.04. The van der Waals surface area contributed by atoms with Crippen LogP contribution in [0.5, 0.6) is 5.75 Å². The Morgan fingerprint density at radius 3 is 2.44 bits per heavy atom. The number of anilines is 1. The third kappa shape index (κ3) is 2.76. The van der Waals surface area contributed by atoms with Crippen molar-refractivity contribution < 1.29 is 9.90 Å². The molecule has 5 nitrogen and oxygen atoms in total. The van der Waals surface area contributed by atoms with Gasteiger partial charge in [-0.05, 0) is 31.2 Å². The van der Waals surface area contributed by atoms with Gasteiger partial charge < -0.3 is 14.6 Å². The zero-order chi connectivity index (χ0) is 18.3. The van der Waals surface area contributed by atoms with Gasteiger partial charge in [-0.3, -0.25) is 9.59 Å². The van der Waals surface area contributed by atoms with Crippen LogP contribution in [-0.2, 0) is 7.05 Å². The first-order valence-corrected chi connectivity index (χ1v) is 8.05. The van der Waals surface area contributed by atoms with Crippen LogP contribution in [0.3, 0.4) is 0 Å². The molecule has 25 heavy (non-hydrogen) atoms. The summed E-state index contributed by atoms with van der Waals surface area (Å²) < 4.78 is 1.32. The van der Waals surface area contributed by atoms with E-state index in [4.69, 9.17) is 11.6 Å². The Hall–Kier alpha value is -2.79. The lowest BCUT2D eigenvalue weighted by Crippen LogP contribution is -2.34. The van der Waals surface area contributed by atoms with E-state index >= 15 is 0 Å². The summed E-state index contributed by atoms with van der Waals surface area (Å²) in [4.78, 5) is 26.9. The van der Waals surface area contributed by atoms with Gasteiger partial charge in [0.2, 0.25) is 0 Å². The van der Waals surface area contributed by atoms with Gasteiger partial charge in [-0.25, -0.2) is 0 Å². The number of carbonyl (C=O) groups excluding carboxylic acids is 1. The minimum Gasteiger partial charge on any atom is -0.506 e. The lowest BCUT2D eigenvalue weighted by molar-refractivity contribution is 0.0988. The van der Waals surface area contributed by atoms with Crippen LogP contribution >= 0.6 is 11.6 Å². The Kier molecular flexibility index (Phi) is 4.27. The number of rotatable bonds is 2. The van der Waals surface area contributed by atoms with Gasteiger partial charge in [0.25, 0.3) is 11.5 Å². The van der Waals surface area contributed by atoms with E-state index in [1.807, 2.05) is 19.1 Å². The fraction of sp³-hybridized carbons (Fsp3) is 0.158. The van der Waals surface area contributed by atoms with E-state index < -0.39 is 17.2 Å². The second-order valence-corrected chi connectivity index (χ2v) is 6.33. The molecule has 3 aromatic rings. The minimum atomic E-state index is -0.594. The molecular weight excluding hydrogens is 340 g/mol. The highest BCUT2D eigenvalue weighted by molar-refractivity contribution is 6.36. The number of hydrogen-bond acceptors (Lipinski definition) is 3. The number of aryl methyl sites for hydroxylation is 2. The van der Waals surface area contributed by atoms with Crippen molar-refractivity contribution in [3.8, 4) is 5.75 Å². The predicted octanol–water partition coefficient (Wildman–Crippen LogP) is 3.48. The number of aromatic nitrogens is 1. The van der Waals surface area contributed by atoms with Crippen molar-refractivity contribution in [1.82, 2.24) is 4.57 Å². The van der Waals surface area contributed by atoms with E-state index in [9.17, 15) is 14.7 Å². The van der Waals surface area contributed by atoms with Gasteiger partial charge in [-0.1, -0.05) is 35.4 Å². The summed E-state index contributed by atoms with van der Waals surface area (Å²) in [5.74, 6) is -0.989. The number of benzene rings is 2. The van der Waals surface area contributed by atoms with Crippen molar-refractivity contribution >= 4 is 34.1 Å². The number of amides is 1. The number of halogens is 1. The second-order valence-electron chi connectivity index (χ2n) is 5.92. The quantitative estimate of drug-likeness (QED) is 0.764. The molecule has 0 aliphatic heterocycles. The summed E-state index contributed by atoms with van der Waals surface area (Å²) in [6.07, 6.45) is 0. The summed E-state index contributed by atoms with van der Waals surface area (Å²) >= 11 is 6.18. The summed E-state index contributed by atoms with van der Waals surface area (Å²) in [5.41, 5.74) is 1.27. The Balaban J connectivity index is 2.21. The highest BCUT2D eigenvalue weighted by Gasteiger charge is 2.25. The molecule has 1 N–H and O–H groups in total. The summed E-state index contributed by atoms with van der Waals surface area (Å²) in [6, 6.07) is 12.3. The first-order valence-electron chi connectivity index (χ1n) is 7.68. The highest BCUT2D eigenvalue weighted by atomic mass is 35.5. The molecule has 3 rings (SSSR count). The second kappa shape index (κ2) is 6.26.